The molecule has 1 radical (unpaired) electrons. The number of alkyl halides is 2. The number of hydrogen-bond donors (Lipinski definition) is 0. The lowest BCUT2D eigenvalue weighted by Crippen LogP contribution is -2.05. The zero-order valence-corrected chi connectivity index (χ0v) is 6.83. The summed E-state index contributed by atoms with van der Waals surface area (Å²) in [4.78, 5) is 0. The molecule has 0 aromatic carbocycles. The Balaban J connectivity index is 2.81. The van der Waals surface area contributed by atoms with E-state index in [2.05, 4.69) is 0 Å². The molecule has 0 aliphatic heterocycles. The molecule has 0 aromatic rings. The van der Waals surface area contributed by atoms with Crippen molar-refractivity contribution in [2.45, 2.75) is 19.8 Å². The number of rotatable bonds is 1. The van der Waals surface area contributed by atoms with E-state index < -0.39 is 6.43 Å². The SMILES string of the molecule is C[C]1C=CC(Cl)=C(C(F)F)C1. The topological polar surface area (TPSA) is 0 Å². The van der Waals surface area contributed by atoms with Crippen LogP contribution < -0.4 is 0 Å². The van der Waals surface area contributed by atoms with Crippen LogP contribution in [0.15, 0.2) is 22.8 Å². The van der Waals surface area contributed by atoms with E-state index in [1.165, 1.54) is 6.08 Å². The second-order valence-corrected chi connectivity index (χ2v) is 2.94. The zero-order valence-electron chi connectivity index (χ0n) is 6.07. The van der Waals surface area contributed by atoms with Crippen LogP contribution in [-0.2, 0) is 0 Å². The van der Waals surface area contributed by atoms with Gasteiger partial charge in [0.15, 0.2) is 0 Å². The zero-order chi connectivity index (χ0) is 8.43. The van der Waals surface area contributed by atoms with Crippen molar-refractivity contribution in [3.8, 4) is 0 Å². The van der Waals surface area contributed by atoms with Crippen molar-refractivity contribution in [1.29, 1.82) is 0 Å². The van der Waals surface area contributed by atoms with E-state index in [9.17, 15) is 8.78 Å². The molecule has 0 saturated carbocycles. The summed E-state index contributed by atoms with van der Waals surface area (Å²) in [7, 11) is 0. The minimum absolute atomic E-state index is 0.0340. The third-order valence-electron chi connectivity index (χ3n) is 1.55. The van der Waals surface area contributed by atoms with Crippen LogP contribution in [0.25, 0.3) is 0 Å². The van der Waals surface area contributed by atoms with Gasteiger partial charge in [0.25, 0.3) is 6.43 Å². The summed E-state index contributed by atoms with van der Waals surface area (Å²) in [6.07, 6.45) is 1.14. The summed E-state index contributed by atoms with van der Waals surface area (Å²) in [5, 5.41) is 0.186. The lowest BCUT2D eigenvalue weighted by Gasteiger charge is -2.15. The summed E-state index contributed by atoms with van der Waals surface area (Å²) in [5.74, 6) is 0.921. The number of allylic oxidation sites excluding steroid dienone is 4. The normalized spacial score (nSPS) is 20.1. The molecular formula is C8H8ClF2. The summed E-state index contributed by atoms with van der Waals surface area (Å²) in [6, 6.07) is 0. The van der Waals surface area contributed by atoms with Gasteiger partial charge in [-0.3, -0.25) is 0 Å². The van der Waals surface area contributed by atoms with Gasteiger partial charge in [0.05, 0.1) is 0 Å². The van der Waals surface area contributed by atoms with Gasteiger partial charge in [-0.15, -0.1) is 0 Å². The third kappa shape index (κ3) is 2.03. The van der Waals surface area contributed by atoms with Crippen LogP contribution in [0.2, 0.25) is 0 Å². The Morgan fingerprint density at radius 2 is 2.09 bits per heavy atom. The molecular weight excluding hydrogens is 170 g/mol. The monoisotopic (exact) mass is 177 g/mol. The first kappa shape index (κ1) is 8.72. The van der Waals surface area contributed by atoms with E-state index in [1.54, 1.807) is 6.08 Å². The van der Waals surface area contributed by atoms with Crippen LogP contribution in [0.1, 0.15) is 13.3 Å². The molecule has 11 heavy (non-hydrogen) atoms. The fourth-order valence-corrected chi connectivity index (χ4v) is 1.16. The minimum Gasteiger partial charge on any atom is -0.205 e. The molecule has 0 unspecified atom stereocenters. The van der Waals surface area contributed by atoms with Crippen molar-refractivity contribution >= 4 is 11.6 Å². The van der Waals surface area contributed by atoms with Crippen molar-refractivity contribution in [1.82, 2.24) is 0 Å². The first-order valence-corrected chi connectivity index (χ1v) is 3.66. The highest BCUT2D eigenvalue weighted by molar-refractivity contribution is 6.31. The molecule has 3 heteroatoms. The molecule has 0 aromatic heterocycles. The molecule has 1 aliphatic carbocycles. The summed E-state index contributed by atoms with van der Waals surface area (Å²) in [6.45, 7) is 1.81. The smallest absolute Gasteiger partial charge is 0.205 e. The molecule has 0 fully saturated rings. The maximum atomic E-state index is 12.2. The van der Waals surface area contributed by atoms with Crippen molar-refractivity contribution in [3.63, 3.8) is 0 Å². The standard InChI is InChI=1S/C8H8ClF2/c1-5-2-3-7(9)6(4-5)8(10)11/h2-3,8H,4H2,1H3. The van der Waals surface area contributed by atoms with Crippen molar-refractivity contribution in [2.75, 3.05) is 0 Å². The number of halogens is 3. The van der Waals surface area contributed by atoms with Crippen molar-refractivity contribution in [2.24, 2.45) is 0 Å². The number of hydrogen-bond acceptors (Lipinski definition) is 0. The first-order valence-electron chi connectivity index (χ1n) is 3.28. The Morgan fingerprint density at radius 1 is 1.45 bits per heavy atom. The molecule has 0 N–H and O–H groups in total. The van der Waals surface area contributed by atoms with Gasteiger partial charge in [0.2, 0.25) is 0 Å². The van der Waals surface area contributed by atoms with Gasteiger partial charge in [0, 0.05) is 10.6 Å². The average Bonchev–Trinajstić information content (AvgIpc) is 1.94. The van der Waals surface area contributed by atoms with Gasteiger partial charge in [-0.1, -0.05) is 24.6 Å². The highest BCUT2D eigenvalue weighted by atomic mass is 35.5. The molecule has 0 saturated heterocycles. The fraction of sp³-hybridized carbons (Fsp3) is 0.375. The Labute approximate surface area is 69.5 Å². The van der Waals surface area contributed by atoms with Crippen LogP contribution in [0.3, 0.4) is 0 Å². The molecule has 0 spiro atoms. The van der Waals surface area contributed by atoms with E-state index in [0.29, 0.717) is 6.42 Å². The van der Waals surface area contributed by atoms with Gasteiger partial charge in [0.1, 0.15) is 0 Å². The van der Waals surface area contributed by atoms with E-state index in [1.807, 2.05) is 6.92 Å². The van der Waals surface area contributed by atoms with Gasteiger partial charge >= 0.3 is 0 Å². The lowest BCUT2D eigenvalue weighted by molar-refractivity contribution is 0.185. The summed E-state index contributed by atoms with van der Waals surface area (Å²) >= 11 is 5.54. The maximum absolute atomic E-state index is 12.2. The first-order chi connectivity index (χ1) is 5.11. The predicted octanol–water partition coefficient (Wildman–Crippen LogP) is 3.30. The molecule has 61 valence electrons. The molecule has 0 nitrogen and oxygen atoms in total. The maximum Gasteiger partial charge on any atom is 0.261 e. The Bertz CT molecular complexity index is 206. The molecule has 0 heterocycles. The van der Waals surface area contributed by atoms with Crippen LogP contribution >= 0.6 is 11.6 Å². The molecule has 1 rings (SSSR count). The minimum atomic E-state index is -2.43. The highest BCUT2D eigenvalue weighted by Gasteiger charge is 2.19. The van der Waals surface area contributed by atoms with Crippen LogP contribution in [0.4, 0.5) is 8.78 Å². The van der Waals surface area contributed by atoms with Crippen molar-refractivity contribution in [3.05, 3.63) is 28.7 Å². The van der Waals surface area contributed by atoms with Crippen LogP contribution in [0, 0.1) is 5.92 Å². The third-order valence-corrected chi connectivity index (χ3v) is 1.92. The van der Waals surface area contributed by atoms with Crippen molar-refractivity contribution < 1.29 is 8.78 Å². The highest BCUT2D eigenvalue weighted by Crippen LogP contribution is 2.30. The molecule has 0 amide bonds. The molecule has 1 aliphatic rings. The lowest BCUT2D eigenvalue weighted by atomic mass is 9.96. The van der Waals surface area contributed by atoms with Gasteiger partial charge < -0.3 is 0 Å². The van der Waals surface area contributed by atoms with E-state index in [4.69, 9.17) is 11.6 Å². The fourth-order valence-electron chi connectivity index (χ4n) is 0.948. The predicted molar refractivity (Wildman–Crippen MR) is 41.6 cm³/mol. The quantitative estimate of drug-likeness (QED) is 0.577. The van der Waals surface area contributed by atoms with Gasteiger partial charge in [-0.05, 0) is 18.4 Å². The van der Waals surface area contributed by atoms with Crippen LogP contribution in [0.5, 0.6) is 0 Å². The Morgan fingerprint density at radius 3 is 2.55 bits per heavy atom. The molecule has 0 bridgehead atoms. The average molecular weight is 178 g/mol. The van der Waals surface area contributed by atoms with Gasteiger partial charge in [-0.2, -0.15) is 0 Å². The second kappa shape index (κ2) is 3.35. The van der Waals surface area contributed by atoms with E-state index in [0.717, 1.165) is 5.92 Å². The Kier molecular flexibility index (Phi) is 2.66. The largest absolute Gasteiger partial charge is 0.261 e. The molecule has 0 atom stereocenters. The summed E-state index contributed by atoms with van der Waals surface area (Å²) < 4.78 is 24.3. The Hall–Kier alpha value is -0.370. The van der Waals surface area contributed by atoms with Gasteiger partial charge in [-0.25, -0.2) is 8.78 Å². The van der Waals surface area contributed by atoms with Crippen LogP contribution in [-0.4, -0.2) is 6.43 Å². The second-order valence-electron chi connectivity index (χ2n) is 2.53. The summed E-state index contributed by atoms with van der Waals surface area (Å²) in [5.41, 5.74) is 0.0340. The van der Waals surface area contributed by atoms with E-state index >= 15 is 0 Å². The van der Waals surface area contributed by atoms with E-state index in [-0.39, 0.29) is 10.6 Å².